The molecule has 0 aliphatic carbocycles. The molecule has 3 heterocycles. The number of nitrogens with one attached hydrogen (secondary N) is 2. The second kappa shape index (κ2) is 4.66. The second-order valence-corrected chi connectivity index (χ2v) is 5.02. The van der Waals surface area contributed by atoms with Crippen molar-refractivity contribution in [3.05, 3.63) is 54.1 Å². The molecular formula is C15H12N6O. The van der Waals surface area contributed by atoms with Gasteiger partial charge in [-0.2, -0.15) is 5.10 Å². The van der Waals surface area contributed by atoms with E-state index in [-0.39, 0.29) is 5.91 Å². The number of hydrogen-bond donors (Lipinski definition) is 2. The molecule has 108 valence electrons. The maximum atomic E-state index is 12.3. The lowest BCUT2D eigenvalue weighted by Crippen LogP contribution is -2.12. The fraction of sp³-hybridized carbons (Fsp3) is 0.0667. The van der Waals surface area contributed by atoms with E-state index in [2.05, 4.69) is 25.7 Å². The maximum absolute atomic E-state index is 12.3. The predicted molar refractivity (Wildman–Crippen MR) is 81.8 cm³/mol. The van der Waals surface area contributed by atoms with Crippen molar-refractivity contribution in [1.29, 1.82) is 0 Å². The molecule has 4 rings (SSSR count). The zero-order valence-corrected chi connectivity index (χ0v) is 11.7. The molecule has 0 atom stereocenters. The van der Waals surface area contributed by atoms with Gasteiger partial charge < -0.3 is 5.32 Å². The number of aromatic nitrogens is 5. The van der Waals surface area contributed by atoms with E-state index in [0.29, 0.717) is 11.2 Å². The largest absolute Gasteiger partial charge is 0.322 e. The molecule has 7 nitrogen and oxygen atoms in total. The summed E-state index contributed by atoms with van der Waals surface area (Å²) >= 11 is 0. The fourth-order valence-corrected chi connectivity index (χ4v) is 2.38. The molecule has 0 fully saturated rings. The van der Waals surface area contributed by atoms with Gasteiger partial charge in [0.2, 0.25) is 0 Å². The molecule has 1 amide bonds. The van der Waals surface area contributed by atoms with Crippen molar-refractivity contribution in [2.45, 2.75) is 6.92 Å². The third kappa shape index (κ3) is 1.99. The standard InChI is InChI=1S/C15H12N6O/c1-9-18-20-14-7-10(4-5-21(9)14)15(22)17-12-2-3-13-11(6-12)8-16-19-13/h2-8H,1H3,(H,16,19)(H,17,22). The number of rotatable bonds is 2. The summed E-state index contributed by atoms with van der Waals surface area (Å²) in [5.41, 5.74) is 2.83. The summed E-state index contributed by atoms with van der Waals surface area (Å²) in [7, 11) is 0. The van der Waals surface area contributed by atoms with Crippen LogP contribution in [0.2, 0.25) is 0 Å². The van der Waals surface area contributed by atoms with Gasteiger partial charge >= 0.3 is 0 Å². The molecule has 0 saturated heterocycles. The molecule has 22 heavy (non-hydrogen) atoms. The summed E-state index contributed by atoms with van der Waals surface area (Å²) in [6.45, 7) is 1.86. The SMILES string of the molecule is Cc1nnc2cc(C(=O)Nc3ccc4[nH]ncc4c3)ccn12. The van der Waals surface area contributed by atoms with E-state index in [0.717, 1.165) is 22.4 Å². The van der Waals surface area contributed by atoms with E-state index in [9.17, 15) is 4.79 Å². The molecule has 0 bridgehead atoms. The summed E-state index contributed by atoms with van der Waals surface area (Å²) in [6.07, 6.45) is 3.51. The summed E-state index contributed by atoms with van der Waals surface area (Å²) in [4.78, 5) is 12.3. The monoisotopic (exact) mass is 292 g/mol. The topological polar surface area (TPSA) is 88.0 Å². The van der Waals surface area contributed by atoms with Crippen molar-refractivity contribution in [3.8, 4) is 0 Å². The van der Waals surface area contributed by atoms with E-state index >= 15 is 0 Å². The van der Waals surface area contributed by atoms with Gasteiger partial charge in [-0.1, -0.05) is 0 Å². The summed E-state index contributed by atoms with van der Waals surface area (Å²) < 4.78 is 1.83. The number of benzene rings is 1. The van der Waals surface area contributed by atoms with Crippen LogP contribution < -0.4 is 5.32 Å². The predicted octanol–water partition coefficient (Wildman–Crippen LogP) is 2.17. The Morgan fingerprint density at radius 3 is 3.05 bits per heavy atom. The third-order valence-corrected chi connectivity index (χ3v) is 3.54. The highest BCUT2D eigenvalue weighted by molar-refractivity contribution is 6.05. The number of amides is 1. The number of aromatic amines is 1. The van der Waals surface area contributed by atoms with Crippen LogP contribution in [0.15, 0.2) is 42.7 Å². The fourth-order valence-electron chi connectivity index (χ4n) is 2.38. The quantitative estimate of drug-likeness (QED) is 0.592. The molecule has 0 spiro atoms. The molecule has 3 aromatic heterocycles. The lowest BCUT2D eigenvalue weighted by atomic mass is 10.2. The number of carbonyl (C=O) groups excluding carboxylic acids is 1. The van der Waals surface area contributed by atoms with Crippen LogP contribution in [0.5, 0.6) is 0 Å². The van der Waals surface area contributed by atoms with Gasteiger partial charge in [-0.05, 0) is 37.3 Å². The highest BCUT2D eigenvalue weighted by Gasteiger charge is 2.09. The highest BCUT2D eigenvalue weighted by atomic mass is 16.1. The van der Waals surface area contributed by atoms with Crippen molar-refractivity contribution < 1.29 is 4.79 Å². The zero-order chi connectivity index (χ0) is 15.1. The number of carbonyl (C=O) groups is 1. The van der Waals surface area contributed by atoms with Gasteiger partial charge in [-0.15, -0.1) is 10.2 Å². The van der Waals surface area contributed by atoms with Crippen LogP contribution in [0.25, 0.3) is 16.6 Å². The first-order valence-electron chi connectivity index (χ1n) is 6.76. The number of anilines is 1. The van der Waals surface area contributed by atoms with Gasteiger partial charge in [-0.3, -0.25) is 14.3 Å². The number of fused-ring (bicyclic) bond motifs is 2. The van der Waals surface area contributed by atoms with Crippen molar-refractivity contribution in [2.24, 2.45) is 0 Å². The minimum Gasteiger partial charge on any atom is -0.322 e. The Morgan fingerprint density at radius 1 is 1.23 bits per heavy atom. The van der Waals surface area contributed by atoms with Crippen LogP contribution >= 0.6 is 0 Å². The molecule has 4 aromatic rings. The third-order valence-electron chi connectivity index (χ3n) is 3.54. The smallest absolute Gasteiger partial charge is 0.255 e. The van der Waals surface area contributed by atoms with Crippen LogP contribution in [0.3, 0.4) is 0 Å². The molecule has 7 heteroatoms. The minimum atomic E-state index is -0.189. The Bertz CT molecular complexity index is 1000. The molecule has 0 aliphatic rings. The minimum absolute atomic E-state index is 0.189. The Labute approximate surface area is 125 Å². The average Bonchev–Trinajstić information content (AvgIpc) is 3.13. The van der Waals surface area contributed by atoms with Gasteiger partial charge in [0, 0.05) is 22.8 Å². The van der Waals surface area contributed by atoms with Gasteiger partial charge in [0.1, 0.15) is 5.82 Å². The van der Waals surface area contributed by atoms with Crippen LogP contribution in [-0.2, 0) is 0 Å². The normalized spacial score (nSPS) is 11.1. The van der Waals surface area contributed by atoms with Crippen molar-refractivity contribution in [2.75, 3.05) is 5.32 Å². The first-order chi connectivity index (χ1) is 10.7. The maximum Gasteiger partial charge on any atom is 0.255 e. The van der Waals surface area contributed by atoms with E-state index < -0.39 is 0 Å². The molecular weight excluding hydrogens is 280 g/mol. The Balaban J connectivity index is 1.64. The van der Waals surface area contributed by atoms with E-state index in [1.807, 2.05) is 29.5 Å². The summed E-state index contributed by atoms with van der Waals surface area (Å²) in [6, 6.07) is 9.04. The molecule has 0 unspecified atom stereocenters. The summed E-state index contributed by atoms with van der Waals surface area (Å²) in [5, 5.41) is 18.7. The van der Waals surface area contributed by atoms with E-state index in [4.69, 9.17) is 0 Å². The number of H-pyrrole nitrogens is 1. The molecule has 1 aromatic carbocycles. The number of nitrogens with zero attached hydrogens (tertiary/aromatic N) is 4. The second-order valence-electron chi connectivity index (χ2n) is 5.02. The van der Waals surface area contributed by atoms with Crippen LogP contribution in [0.4, 0.5) is 5.69 Å². The van der Waals surface area contributed by atoms with Crippen molar-refractivity contribution >= 4 is 28.1 Å². The lowest BCUT2D eigenvalue weighted by Gasteiger charge is -2.05. The number of aryl methyl sites for hydroxylation is 1. The number of pyridine rings is 1. The Kier molecular flexibility index (Phi) is 2.65. The number of hydrogen-bond acceptors (Lipinski definition) is 4. The van der Waals surface area contributed by atoms with Crippen molar-refractivity contribution in [3.63, 3.8) is 0 Å². The molecule has 0 saturated carbocycles. The lowest BCUT2D eigenvalue weighted by molar-refractivity contribution is 0.102. The first-order valence-corrected chi connectivity index (χ1v) is 6.76. The first kappa shape index (κ1) is 12.5. The molecule has 0 aliphatic heterocycles. The van der Waals surface area contributed by atoms with Gasteiger partial charge in [-0.25, -0.2) is 0 Å². The van der Waals surface area contributed by atoms with Gasteiger partial charge in [0.15, 0.2) is 5.65 Å². The van der Waals surface area contributed by atoms with E-state index in [1.165, 1.54) is 0 Å². The van der Waals surface area contributed by atoms with Crippen molar-refractivity contribution in [1.82, 2.24) is 24.8 Å². The Morgan fingerprint density at radius 2 is 2.14 bits per heavy atom. The van der Waals surface area contributed by atoms with Gasteiger partial charge in [0.25, 0.3) is 5.91 Å². The zero-order valence-electron chi connectivity index (χ0n) is 11.7. The Hall–Kier alpha value is -3.22. The molecule has 2 N–H and O–H groups in total. The highest BCUT2D eigenvalue weighted by Crippen LogP contribution is 2.17. The van der Waals surface area contributed by atoms with Gasteiger partial charge in [0.05, 0.1) is 11.7 Å². The molecule has 0 radical (unpaired) electrons. The van der Waals surface area contributed by atoms with Crippen LogP contribution in [0.1, 0.15) is 16.2 Å². The summed E-state index contributed by atoms with van der Waals surface area (Å²) in [5.74, 6) is 0.596. The van der Waals surface area contributed by atoms with Crippen LogP contribution in [0, 0.1) is 6.92 Å². The van der Waals surface area contributed by atoms with Crippen LogP contribution in [-0.4, -0.2) is 30.7 Å². The average molecular weight is 292 g/mol. The van der Waals surface area contributed by atoms with E-state index in [1.54, 1.807) is 24.5 Å².